The van der Waals surface area contributed by atoms with Gasteiger partial charge in [-0.2, -0.15) is 0 Å². The highest BCUT2D eigenvalue weighted by Gasteiger charge is 2.57. The number of rotatable bonds is 11. The first-order chi connectivity index (χ1) is 18.7. The molecule has 4 rings (SSSR count). The lowest BCUT2D eigenvalue weighted by Gasteiger charge is -2.57. The number of hydrogen-bond donors (Lipinski definition) is 1. The van der Waals surface area contributed by atoms with Crippen LogP contribution in [-0.2, 0) is 8.37 Å². The molecule has 2 saturated carbocycles. The second kappa shape index (κ2) is 11.9. The lowest BCUT2D eigenvalue weighted by Crippen LogP contribution is -2.52. The molecule has 0 aromatic carbocycles. The largest absolute Gasteiger partial charge is 0.378 e. The van der Waals surface area contributed by atoms with Crippen LogP contribution in [0.1, 0.15) is 92.4 Å². The third kappa shape index (κ3) is 5.45. The van der Waals surface area contributed by atoms with Gasteiger partial charge in [-0.15, -0.1) is 5.92 Å². The Hall–Kier alpha value is -0.510. The van der Waals surface area contributed by atoms with E-state index < -0.39 is 5.60 Å². The van der Waals surface area contributed by atoms with Crippen molar-refractivity contribution in [1.29, 1.82) is 2.67 Å². The first kappa shape index (κ1) is 26.7. The third-order valence-corrected chi connectivity index (χ3v) is 11.1. The molecule has 0 aliphatic heterocycles. The monoisotopic (exact) mass is 542 g/mol. The van der Waals surface area contributed by atoms with E-state index in [2.05, 4.69) is 50.8 Å². The van der Waals surface area contributed by atoms with Crippen LogP contribution in [0.4, 0.5) is 0 Å². The van der Waals surface area contributed by atoms with Crippen molar-refractivity contribution in [3.05, 3.63) is 34.9 Å². The molecule has 0 saturated heterocycles. The van der Waals surface area contributed by atoms with E-state index in [-0.39, 0.29) is 23.0 Å². The molecule has 0 aromatic heterocycles. The van der Waals surface area contributed by atoms with Crippen LogP contribution in [0.3, 0.4) is 0 Å². The van der Waals surface area contributed by atoms with Gasteiger partial charge in [0.25, 0.3) is 0 Å². The summed E-state index contributed by atoms with van der Waals surface area (Å²) in [5, 5.41) is 10.5. The minimum Gasteiger partial charge on any atom is -0.378 e. The van der Waals surface area contributed by atoms with Gasteiger partial charge in [-0.25, -0.2) is 0 Å². The van der Waals surface area contributed by atoms with Gasteiger partial charge in [0.05, 0.1) is 12.2 Å². The summed E-state index contributed by atoms with van der Waals surface area (Å²) in [5.41, 5.74) is 3.77. The van der Waals surface area contributed by atoms with Crippen LogP contribution in [-0.4, -0.2) is 39.8 Å². The van der Waals surface area contributed by atoms with Gasteiger partial charge in [0.15, 0.2) is 0 Å². The zero-order valence-electron chi connectivity index (χ0n) is 25.2. The summed E-state index contributed by atoms with van der Waals surface area (Å²) in [6, 6.07) is 0. The standard InChI is InChI=1S/C30H44B2O3S2/c1-6-30(33,7-2)16-9-8-10-20(3)24-13-14-25-23-12-11-21-18-22(34-36-31)19-27(35-37-32)29(21,5)26(23)15-17-28(24,25)4/h11-13,20,22,25-27,31-33H,6-8,10,14-15,17-19H2,1-5H3/t20-,22+,25?,26?,27-,28+,29-/m0/s1/i31T,32T. The molecule has 0 spiro atoms. The second-order valence-corrected chi connectivity index (χ2v) is 12.8. The minimum absolute atomic E-state index is 0.00501. The summed E-state index contributed by atoms with van der Waals surface area (Å²) >= 11 is 2.21. The Labute approximate surface area is 239 Å². The zero-order chi connectivity index (χ0) is 28.3. The first-order valence-corrected chi connectivity index (χ1v) is 15.7. The van der Waals surface area contributed by atoms with Crippen molar-refractivity contribution in [3.63, 3.8) is 0 Å². The molecule has 4 aliphatic carbocycles. The SMILES string of the molecule is [3H][B]SO[C@@H]1CC2=CC=C3C(CC[C@]4(C)C([C@@H](C)CCC#CC(O)(CC)CC)=CCC34)[C@@]2(C)[C@@H](OS[B][3H])C1. The Morgan fingerprint density at radius 2 is 1.97 bits per heavy atom. The van der Waals surface area contributed by atoms with Crippen molar-refractivity contribution in [1.82, 2.24) is 0 Å². The topological polar surface area (TPSA) is 38.7 Å². The van der Waals surface area contributed by atoms with Gasteiger partial charge < -0.3 is 13.5 Å². The first-order valence-electron chi connectivity index (χ1n) is 15.2. The predicted molar refractivity (Wildman–Crippen MR) is 161 cm³/mol. The van der Waals surface area contributed by atoms with Crippen molar-refractivity contribution in [2.24, 2.45) is 28.6 Å². The Kier molecular flexibility index (Phi) is 8.61. The van der Waals surface area contributed by atoms with E-state index in [1.165, 1.54) is 26.2 Å². The van der Waals surface area contributed by atoms with Crippen LogP contribution in [0, 0.1) is 40.4 Å². The number of hydrogen-bond acceptors (Lipinski definition) is 5. The molecule has 37 heavy (non-hydrogen) atoms. The molecule has 0 amide bonds. The highest BCUT2D eigenvalue weighted by Crippen LogP contribution is 2.65. The van der Waals surface area contributed by atoms with Crippen molar-refractivity contribution >= 4 is 38.0 Å². The van der Waals surface area contributed by atoms with E-state index >= 15 is 0 Å². The summed E-state index contributed by atoms with van der Waals surface area (Å²) in [5.74, 6) is 7.83. The average molecular weight is 542 g/mol. The molecule has 7 heteroatoms. The summed E-state index contributed by atoms with van der Waals surface area (Å²) in [6.45, 7) is 11.2. The molecule has 200 valence electrons. The smallest absolute Gasteiger partial charge is 0.209 e. The lowest BCUT2D eigenvalue weighted by atomic mass is 9.49. The van der Waals surface area contributed by atoms with Gasteiger partial charge in [-0.05, 0) is 70.8 Å². The van der Waals surface area contributed by atoms with Crippen molar-refractivity contribution < 1.29 is 13.5 Å². The lowest BCUT2D eigenvalue weighted by molar-refractivity contribution is -0.0153. The summed E-state index contributed by atoms with van der Waals surface area (Å²) < 4.78 is 27.1. The fourth-order valence-electron chi connectivity index (χ4n) is 7.85. The third-order valence-electron chi connectivity index (χ3n) is 10.3. The normalized spacial score (nSPS) is 36.2. The van der Waals surface area contributed by atoms with Crippen LogP contribution >= 0.6 is 23.8 Å². The fraction of sp³-hybridized carbons (Fsp3) is 0.733. The summed E-state index contributed by atoms with van der Waals surface area (Å²) in [6.07, 6.45) is 15.5. The highest BCUT2D eigenvalue weighted by molar-refractivity contribution is 8.16. The number of allylic oxidation sites excluding steroid dienone is 5. The predicted octanol–water partition coefficient (Wildman–Crippen LogP) is 6.68. The zero-order valence-corrected chi connectivity index (χ0v) is 24.9. The van der Waals surface area contributed by atoms with Crippen LogP contribution in [0.15, 0.2) is 34.9 Å². The van der Waals surface area contributed by atoms with E-state index in [0.29, 0.717) is 30.6 Å². The van der Waals surface area contributed by atoms with Crippen molar-refractivity contribution in [3.8, 4) is 11.8 Å². The van der Waals surface area contributed by atoms with Gasteiger partial charge in [0.2, 0.25) is 14.2 Å². The van der Waals surface area contributed by atoms with Crippen LogP contribution in [0.5, 0.6) is 0 Å². The molecule has 2 radical (unpaired) electrons. The highest BCUT2D eigenvalue weighted by atomic mass is 32.2. The number of aliphatic hydroxyl groups is 1. The summed E-state index contributed by atoms with van der Waals surface area (Å²) in [4.78, 5) is 0. The van der Waals surface area contributed by atoms with E-state index in [1.807, 2.05) is 13.8 Å². The van der Waals surface area contributed by atoms with Crippen molar-refractivity contribution in [2.75, 3.05) is 0 Å². The minimum atomic E-state index is -0.843. The maximum Gasteiger partial charge on any atom is 0.209 e. The van der Waals surface area contributed by atoms with Gasteiger partial charge >= 0.3 is 0 Å². The van der Waals surface area contributed by atoms with E-state index in [4.69, 9.17) is 11.0 Å². The van der Waals surface area contributed by atoms with E-state index in [0.717, 1.165) is 62.3 Å². The molecule has 4 aliphatic rings. The molecule has 7 atom stereocenters. The quantitative estimate of drug-likeness (QED) is 0.136. The van der Waals surface area contributed by atoms with Gasteiger partial charge in [0, 0.05) is 18.3 Å². The molecule has 0 bridgehead atoms. The Morgan fingerprint density at radius 1 is 1.22 bits per heavy atom. The second-order valence-electron chi connectivity index (χ2n) is 12.0. The van der Waals surface area contributed by atoms with Gasteiger partial charge in [0.1, 0.15) is 5.60 Å². The molecule has 2 fully saturated rings. The van der Waals surface area contributed by atoms with E-state index in [1.54, 1.807) is 11.1 Å². The van der Waals surface area contributed by atoms with Crippen molar-refractivity contribution in [2.45, 2.75) is 110 Å². The molecule has 0 heterocycles. The average Bonchev–Trinajstić information content (AvgIpc) is 3.30. The van der Waals surface area contributed by atoms with E-state index in [9.17, 15) is 5.11 Å². The molecule has 1 N–H and O–H groups in total. The van der Waals surface area contributed by atoms with Crippen LogP contribution < -0.4 is 0 Å². The molecule has 0 aromatic rings. The molecule has 3 nitrogen and oxygen atoms in total. The fourth-order valence-corrected chi connectivity index (χ4v) is 8.56. The Morgan fingerprint density at radius 3 is 2.70 bits per heavy atom. The van der Waals surface area contributed by atoms with Gasteiger partial charge in [-0.3, -0.25) is 0 Å². The maximum atomic E-state index is 10.5. The van der Waals surface area contributed by atoms with Crippen LogP contribution in [0.25, 0.3) is 0 Å². The number of fused-ring (bicyclic) bond motifs is 5. The Balaban J connectivity index is 1.52. The van der Waals surface area contributed by atoms with Gasteiger partial charge in [-0.1, -0.05) is 99.3 Å². The molecule has 2 unspecified atom stereocenters. The Bertz CT molecular complexity index is 1040. The maximum absolute atomic E-state index is 10.5. The van der Waals surface area contributed by atoms with Crippen LogP contribution in [0.2, 0.25) is 0 Å². The summed E-state index contributed by atoms with van der Waals surface area (Å²) in [7, 11) is 2.50. The molecular weight excluding hydrogens is 494 g/mol. The molecular formula is C30H44B2O3S2.